The molecule has 3 aromatic rings. The molecule has 0 aliphatic carbocycles. The fourth-order valence-corrected chi connectivity index (χ4v) is 3.76. The van der Waals surface area contributed by atoms with Crippen LogP contribution in [0.2, 0.25) is 5.02 Å². The zero-order valence-corrected chi connectivity index (χ0v) is 21.3. The number of nitrogens with one attached hydrogen (secondary N) is 2. The van der Waals surface area contributed by atoms with E-state index in [0.717, 1.165) is 25.1 Å². The van der Waals surface area contributed by atoms with Crippen LogP contribution in [0.25, 0.3) is 11.4 Å². The van der Waals surface area contributed by atoms with Crippen LogP contribution in [0.4, 0.5) is 26.3 Å². The Morgan fingerprint density at radius 3 is 2.30 bits per heavy atom. The third-order valence-corrected chi connectivity index (χ3v) is 5.80. The minimum absolute atomic E-state index is 0.0398. The Kier molecular flexibility index (Phi) is 9.30. The normalized spacial score (nSPS) is 13.5. The first kappa shape index (κ1) is 30.7. The third-order valence-electron chi connectivity index (χ3n) is 5.55. The number of carbonyl (C=O) groups excluding carboxylic acids is 2. The van der Waals surface area contributed by atoms with E-state index in [1.54, 1.807) is 0 Å². The number of carbonyl (C=O) groups is 2. The molecule has 0 saturated heterocycles. The summed E-state index contributed by atoms with van der Waals surface area (Å²) in [5.74, 6) is -1.76. The number of hydrogen-bond acceptors (Lipinski definition) is 5. The van der Waals surface area contributed by atoms with Crippen molar-refractivity contribution in [2.45, 2.75) is 44.5 Å². The lowest BCUT2D eigenvalue weighted by molar-refractivity contribution is -0.207. The number of benzene rings is 2. The van der Waals surface area contributed by atoms with E-state index in [4.69, 9.17) is 11.6 Å². The monoisotopic (exact) mass is 593 g/mol. The molecule has 3 N–H and O–H groups in total. The smallest absolute Gasteiger partial charge is 0.382 e. The third kappa shape index (κ3) is 7.85. The molecule has 2 amide bonds. The van der Waals surface area contributed by atoms with Crippen LogP contribution < -0.4 is 16.3 Å². The van der Waals surface area contributed by atoms with Gasteiger partial charge in [0.15, 0.2) is 11.9 Å². The van der Waals surface area contributed by atoms with Gasteiger partial charge in [-0.3, -0.25) is 14.2 Å². The summed E-state index contributed by atoms with van der Waals surface area (Å²) in [6.07, 6.45) is -12.6. The Balaban J connectivity index is 1.84. The number of hydrogen-bond donors (Lipinski definition) is 3. The molecule has 0 saturated carbocycles. The van der Waals surface area contributed by atoms with E-state index in [-0.39, 0.29) is 23.5 Å². The molecule has 0 spiro atoms. The maximum Gasteiger partial charge on any atom is 0.416 e. The van der Waals surface area contributed by atoms with E-state index in [2.05, 4.69) is 15.7 Å². The first-order chi connectivity index (χ1) is 18.6. The molecule has 0 radical (unpaired) electrons. The zero-order chi connectivity index (χ0) is 29.8. The summed E-state index contributed by atoms with van der Waals surface area (Å²) in [5, 5.41) is 18.6. The van der Waals surface area contributed by atoms with Crippen molar-refractivity contribution in [1.82, 2.24) is 25.0 Å². The highest BCUT2D eigenvalue weighted by Crippen LogP contribution is 2.31. The van der Waals surface area contributed by atoms with Gasteiger partial charge < -0.3 is 15.7 Å². The average molecular weight is 594 g/mol. The van der Waals surface area contributed by atoms with Crippen molar-refractivity contribution in [3.63, 3.8) is 0 Å². The molecule has 216 valence electrons. The van der Waals surface area contributed by atoms with Crippen molar-refractivity contribution >= 4 is 23.4 Å². The van der Waals surface area contributed by atoms with Gasteiger partial charge in [-0.25, -0.2) is 9.48 Å². The topological polar surface area (TPSA) is 118 Å². The lowest BCUT2D eigenvalue weighted by Crippen LogP contribution is -2.40. The predicted octanol–water partition coefficient (Wildman–Crippen LogP) is 3.30. The molecule has 1 unspecified atom stereocenters. The minimum atomic E-state index is -5.04. The molecule has 1 heterocycles. The van der Waals surface area contributed by atoms with Crippen molar-refractivity contribution in [2.24, 2.45) is 0 Å². The molecule has 40 heavy (non-hydrogen) atoms. The van der Waals surface area contributed by atoms with E-state index >= 15 is 0 Å². The molecule has 0 aliphatic rings. The Morgan fingerprint density at radius 1 is 1.07 bits per heavy atom. The molecule has 0 bridgehead atoms. The fourth-order valence-electron chi connectivity index (χ4n) is 3.63. The molecule has 16 heteroatoms. The first-order valence-electron chi connectivity index (χ1n) is 11.5. The van der Waals surface area contributed by atoms with Crippen LogP contribution in [-0.4, -0.2) is 50.1 Å². The van der Waals surface area contributed by atoms with Crippen molar-refractivity contribution in [3.8, 4) is 11.4 Å². The van der Waals surface area contributed by atoms with Crippen LogP contribution in [0, 0.1) is 0 Å². The van der Waals surface area contributed by atoms with Gasteiger partial charge in [0, 0.05) is 24.1 Å². The van der Waals surface area contributed by atoms with E-state index in [1.165, 1.54) is 30.3 Å². The maximum absolute atomic E-state index is 13.1. The van der Waals surface area contributed by atoms with Crippen molar-refractivity contribution < 1.29 is 41.0 Å². The largest absolute Gasteiger partial charge is 0.416 e. The van der Waals surface area contributed by atoms with Crippen molar-refractivity contribution in [1.29, 1.82) is 0 Å². The highest BCUT2D eigenvalue weighted by molar-refractivity contribution is 6.30. The van der Waals surface area contributed by atoms with Crippen LogP contribution in [0.1, 0.15) is 24.1 Å². The summed E-state index contributed by atoms with van der Waals surface area (Å²) >= 11 is 5.84. The van der Waals surface area contributed by atoms with E-state index < -0.39 is 60.7 Å². The summed E-state index contributed by atoms with van der Waals surface area (Å²) in [5.41, 5.74) is -1.90. The van der Waals surface area contributed by atoms with Crippen molar-refractivity contribution in [2.75, 3.05) is 6.54 Å². The molecule has 2 atom stereocenters. The number of aliphatic hydroxyl groups is 1. The Labute approximate surface area is 227 Å². The van der Waals surface area contributed by atoms with Gasteiger partial charge in [-0.2, -0.15) is 26.3 Å². The SMILES string of the molecule is CC(=O)NC(CNC(=O)Cn1nc(-c2ccc(Cl)cc2)n(C[C@H](O)C(F)(F)F)c1=O)c1cccc(C(F)(F)F)c1. The Bertz CT molecular complexity index is 1420. The molecular weight excluding hydrogens is 572 g/mol. The summed E-state index contributed by atoms with van der Waals surface area (Å²) in [7, 11) is 0. The van der Waals surface area contributed by atoms with Gasteiger partial charge in [0.1, 0.15) is 6.54 Å². The van der Waals surface area contributed by atoms with Crippen LogP contribution in [0.15, 0.2) is 53.3 Å². The maximum atomic E-state index is 13.1. The fraction of sp³-hybridized carbons (Fsp3) is 0.333. The number of halogens is 7. The highest BCUT2D eigenvalue weighted by Gasteiger charge is 2.39. The molecule has 2 aromatic carbocycles. The summed E-state index contributed by atoms with van der Waals surface area (Å²) in [6, 6.07) is 8.56. The van der Waals surface area contributed by atoms with Crippen molar-refractivity contribution in [3.05, 3.63) is 75.2 Å². The van der Waals surface area contributed by atoms with Gasteiger partial charge in [-0.05, 0) is 42.0 Å². The van der Waals surface area contributed by atoms with Gasteiger partial charge in [0.2, 0.25) is 11.8 Å². The van der Waals surface area contributed by atoms with Crippen LogP contribution in [0.5, 0.6) is 0 Å². The second-order valence-electron chi connectivity index (χ2n) is 8.62. The lowest BCUT2D eigenvalue weighted by Gasteiger charge is -2.20. The lowest BCUT2D eigenvalue weighted by atomic mass is 10.0. The number of aliphatic hydroxyl groups excluding tert-OH is 1. The van der Waals surface area contributed by atoms with Crippen LogP contribution in [-0.2, 0) is 28.9 Å². The molecule has 3 rings (SSSR count). The number of rotatable bonds is 9. The predicted molar refractivity (Wildman–Crippen MR) is 130 cm³/mol. The zero-order valence-electron chi connectivity index (χ0n) is 20.6. The van der Waals surface area contributed by atoms with E-state index in [1.807, 2.05) is 0 Å². The quantitative estimate of drug-likeness (QED) is 0.329. The number of aromatic nitrogens is 3. The highest BCUT2D eigenvalue weighted by atomic mass is 35.5. The molecule has 0 fully saturated rings. The minimum Gasteiger partial charge on any atom is -0.382 e. The summed E-state index contributed by atoms with van der Waals surface area (Å²) in [6.45, 7) is -1.25. The van der Waals surface area contributed by atoms with E-state index in [9.17, 15) is 45.8 Å². The second-order valence-corrected chi connectivity index (χ2v) is 9.06. The standard InChI is InChI=1S/C24H22ClF6N5O4/c1-13(37)33-18(15-3-2-4-16(9-15)23(26,27)28)10-32-20(39)12-36-22(40)35(11-19(38)24(29,30)31)21(34-36)14-5-7-17(25)8-6-14/h2-9,18-19,38H,10-12H2,1H3,(H,32,39)(H,33,37)/t18?,19-/m0/s1. The van der Waals surface area contributed by atoms with Gasteiger partial charge in [-0.1, -0.05) is 23.7 Å². The van der Waals surface area contributed by atoms with Gasteiger partial charge in [0.05, 0.1) is 18.2 Å². The van der Waals surface area contributed by atoms with Crippen LogP contribution >= 0.6 is 11.6 Å². The number of amides is 2. The van der Waals surface area contributed by atoms with Gasteiger partial charge in [0.25, 0.3) is 0 Å². The second kappa shape index (κ2) is 12.1. The van der Waals surface area contributed by atoms with Crippen LogP contribution in [0.3, 0.4) is 0 Å². The Hall–Kier alpha value is -3.85. The number of nitrogens with zero attached hydrogens (tertiary/aromatic N) is 3. The van der Waals surface area contributed by atoms with Gasteiger partial charge in [-0.15, -0.1) is 5.10 Å². The van der Waals surface area contributed by atoms with Gasteiger partial charge >= 0.3 is 18.0 Å². The Morgan fingerprint density at radius 2 is 1.73 bits per heavy atom. The molecule has 1 aromatic heterocycles. The molecular formula is C24H22ClF6N5O4. The first-order valence-corrected chi connectivity index (χ1v) is 11.8. The summed E-state index contributed by atoms with van der Waals surface area (Å²) in [4.78, 5) is 37.1. The molecule has 9 nitrogen and oxygen atoms in total. The van der Waals surface area contributed by atoms with E-state index in [0.29, 0.717) is 14.3 Å². The average Bonchev–Trinajstić information content (AvgIpc) is 3.15. The number of alkyl halides is 6. The summed E-state index contributed by atoms with van der Waals surface area (Å²) < 4.78 is 79.5. The molecule has 0 aliphatic heterocycles.